The van der Waals surface area contributed by atoms with E-state index in [1.807, 2.05) is 48.5 Å². The van der Waals surface area contributed by atoms with Crippen molar-refractivity contribution in [2.45, 2.75) is 18.8 Å². The van der Waals surface area contributed by atoms with Crippen molar-refractivity contribution in [2.75, 3.05) is 13.1 Å². The number of nitrogens with zero attached hydrogens (tertiary/aromatic N) is 1. The Bertz CT molecular complexity index is 986. The first kappa shape index (κ1) is 19.0. The number of carbonyl (C=O) groups is 1. The van der Waals surface area contributed by atoms with Crippen LogP contribution < -0.4 is 20.5 Å². The van der Waals surface area contributed by atoms with E-state index in [9.17, 15) is 4.79 Å². The summed E-state index contributed by atoms with van der Waals surface area (Å²) in [4.78, 5) is 16.4. The van der Waals surface area contributed by atoms with Gasteiger partial charge in [-0.3, -0.25) is 4.79 Å². The van der Waals surface area contributed by atoms with Crippen LogP contribution in [0.2, 0.25) is 0 Å². The number of nitrogens with one attached hydrogen (secondary N) is 1. The highest BCUT2D eigenvalue weighted by Gasteiger charge is 2.20. The Morgan fingerprint density at radius 2 is 1.62 bits per heavy atom. The van der Waals surface area contributed by atoms with E-state index in [1.54, 1.807) is 18.3 Å². The number of ether oxygens (including phenoxy) is 2. The van der Waals surface area contributed by atoms with Crippen LogP contribution in [-0.4, -0.2) is 24.0 Å². The van der Waals surface area contributed by atoms with Crippen molar-refractivity contribution in [3.8, 4) is 23.1 Å². The van der Waals surface area contributed by atoms with Gasteiger partial charge in [0, 0.05) is 12.3 Å². The summed E-state index contributed by atoms with van der Waals surface area (Å²) in [5.41, 5.74) is 6.91. The van der Waals surface area contributed by atoms with Crippen LogP contribution in [0.3, 0.4) is 0 Å². The average molecular weight is 389 g/mol. The minimum Gasteiger partial charge on any atom is -0.457 e. The number of amides is 1. The van der Waals surface area contributed by atoms with E-state index in [4.69, 9.17) is 15.2 Å². The fourth-order valence-corrected chi connectivity index (χ4v) is 3.44. The molecule has 148 valence electrons. The Kier molecular flexibility index (Phi) is 5.72. The molecule has 0 bridgehead atoms. The number of para-hydroxylation sites is 1. The molecular weight excluding hydrogens is 366 g/mol. The Labute approximate surface area is 169 Å². The molecule has 6 heteroatoms. The molecule has 0 spiro atoms. The third-order valence-electron chi connectivity index (χ3n) is 4.95. The van der Waals surface area contributed by atoms with Gasteiger partial charge in [-0.2, -0.15) is 0 Å². The van der Waals surface area contributed by atoms with Gasteiger partial charge in [-0.25, -0.2) is 4.98 Å². The van der Waals surface area contributed by atoms with Gasteiger partial charge in [-0.1, -0.05) is 24.3 Å². The molecule has 6 nitrogen and oxygen atoms in total. The normalized spacial score (nSPS) is 14.3. The number of hydrogen-bond donors (Lipinski definition) is 2. The van der Waals surface area contributed by atoms with Crippen LogP contribution in [0.5, 0.6) is 23.1 Å². The largest absolute Gasteiger partial charge is 0.457 e. The van der Waals surface area contributed by atoms with Crippen molar-refractivity contribution in [3.63, 3.8) is 0 Å². The van der Waals surface area contributed by atoms with Gasteiger partial charge in [-0.15, -0.1) is 0 Å². The van der Waals surface area contributed by atoms with Crippen molar-refractivity contribution in [3.05, 3.63) is 78.0 Å². The zero-order valence-corrected chi connectivity index (χ0v) is 16.0. The maximum Gasteiger partial charge on any atom is 0.254 e. The maximum atomic E-state index is 12.0. The lowest BCUT2D eigenvalue weighted by molar-refractivity contribution is 0.0997. The molecule has 2 aromatic carbocycles. The molecule has 0 unspecified atom stereocenters. The molecule has 1 amide bonds. The summed E-state index contributed by atoms with van der Waals surface area (Å²) >= 11 is 0. The quantitative estimate of drug-likeness (QED) is 0.659. The fraction of sp³-hybridized carbons (Fsp3) is 0.217. The number of pyridine rings is 1. The third-order valence-corrected chi connectivity index (χ3v) is 4.95. The van der Waals surface area contributed by atoms with Crippen LogP contribution in [0, 0.1) is 0 Å². The highest BCUT2D eigenvalue weighted by Crippen LogP contribution is 2.31. The Morgan fingerprint density at radius 3 is 2.34 bits per heavy atom. The first-order chi connectivity index (χ1) is 14.2. The van der Waals surface area contributed by atoms with Crippen molar-refractivity contribution in [2.24, 2.45) is 5.73 Å². The second-order valence-electron chi connectivity index (χ2n) is 7.00. The molecule has 3 N–H and O–H groups in total. The van der Waals surface area contributed by atoms with Gasteiger partial charge < -0.3 is 20.5 Å². The summed E-state index contributed by atoms with van der Waals surface area (Å²) in [6, 6.07) is 18.5. The van der Waals surface area contributed by atoms with Crippen LogP contribution >= 0.6 is 0 Å². The standard InChI is InChI=1S/C23H23N3O3/c24-22(27)21-13-17(16-9-11-25-12-10-16)15-26-23(21)29-20-8-4-7-19(14-20)28-18-5-2-1-3-6-18/h1-8,13-16,25H,9-12H2,(H2,24,27). The summed E-state index contributed by atoms with van der Waals surface area (Å²) in [5.74, 6) is 1.89. The zero-order valence-electron chi connectivity index (χ0n) is 16.0. The molecule has 2 heterocycles. The summed E-state index contributed by atoms with van der Waals surface area (Å²) in [6.07, 6.45) is 3.81. The van der Waals surface area contributed by atoms with Crippen LogP contribution in [0.25, 0.3) is 0 Å². The van der Waals surface area contributed by atoms with Gasteiger partial charge in [0.15, 0.2) is 0 Å². The molecule has 4 rings (SSSR count). The Morgan fingerprint density at radius 1 is 0.931 bits per heavy atom. The van der Waals surface area contributed by atoms with Gasteiger partial charge in [0.1, 0.15) is 22.8 Å². The van der Waals surface area contributed by atoms with Crippen LogP contribution in [-0.2, 0) is 0 Å². The number of carbonyl (C=O) groups excluding carboxylic acids is 1. The number of benzene rings is 2. The molecule has 29 heavy (non-hydrogen) atoms. The Balaban J connectivity index is 1.55. The summed E-state index contributed by atoms with van der Waals surface area (Å²) in [5, 5.41) is 3.34. The van der Waals surface area contributed by atoms with Crippen molar-refractivity contribution >= 4 is 5.91 Å². The number of aromatic nitrogens is 1. The van der Waals surface area contributed by atoms with Crippen LogP contribution in [0.4, 0.5) is 0 Å². The molecule has 0 atom stereocenters. The van der Waals surface area contributed by atoms with Crippen LogP contribution in [0.15, 0.2) is 66.9 Å². The smallest absolute Gasteiger partial charge is 0.254 e. The summed E-state index contributed by atoms with van der Waals surface area (Å²) in [7, 11) is 0. The van der Waals surface area contributed by atoms with Crippen molar-refractivity contribution < 1.29 is 14.3 Å². The molecule has 0 radical (unpaired) electrons. The van der Waals surface area contributed by atoms with Gasteiger partial charge in [-0.05, 0) is 67.7 Å². The number of piperidine rings is 1. The highest BCUT2D eigenvalue weighted by molar-refractivity contribution is 5.95. The lowest BCUT2D eigenvalue weighted by Crippen LogP contribution is -2.27. The molecule has 1 saturated heterocycles. The van der Waals surface area contributed by atoms with E-state index in [0.29, 0.717) is 17.4 Å². The van der Waals surface area contributed by atoms with Gasteiger partial charge in [0.2, 0.25) is 5.88 Å². The molecule has 3 aromatic rings. The van der Waals surface area contributed by atoms with E-state index in [0.717, 1.165) is 37.2 Å². The number of nitrogens with two attached hydrogens (primary N) is 1. The van der Waals surface area contributed by atoms with E-state index < -0.39 is 5.91 Å². The van der Waals surface area contributed by atoms with Crippen molar-refractivity contribution in [1.29, 1.82) is 0 Å². The predicted molar refractivity (Wildman–Crippen MR) is 111 cm³/mol. The molecule has 0 saturated carbocycles. The highest BCUT2D eigenvalue weighted by atomic mass is 16.5. The number of rotatable bonds is 6. The van der Waals surface area contributed by atoms with E-state index >= 15 is 0 Å². The van der Waals surface area contributed by atoms with Gasteiger partial charge >= 0.3 is 0 Å². The lowest BCUT2D eigenvalue weighted by Gasteiger charge is -2.23. The van der Waals surface area contributed by atoms with Gasteiger partial charge in [0.05, 0.1) is 0 Å². The van der Waals surface area contributed by atoms with E-state index in [2.05, 4.69) is 10.3 Å². The molecular formula is C23H23N3O3. The molecule has 0 aliphatic carbocycles. The number of hydrogen-bond acceptors (Lipinski definition) is 5. The maximum absolute atomic E-state index is 12.0. The Hall–Kier alpha value is -3.38. The number of primary amides is 1. The fourth-order valence-electron chi connectivity index (χ4n) is 3.44. The summed E-state index contributed by atoms with van der Waals surface area (Å²) in [6.45, 7) is 1.92. The lowest BCUT2D eigenvalue weighted by atomic mass is 9.90. The van der Waals surface area contributed by atoms with E-state index in [-0.39, 0.29) is 11.4 Å². The van der Waals surface area contributed by atoms with Gasteiger partial charge in [0.25, 0.3) is 5.91 Å². The second kappa shape index (κ2) is 8.75. The first-order valence-electron chi connectivity index (χ1n) is 9.70. The minimum absolute atomic E-state index is 0.201. The zero-order chi connectivity index (χ0) is 20.1. The van der Waals surface area contributed by atoms with Crippen LogP contribution in [0.1, 0.15) is 34.7 Å². The second-order valence-corrected chi connectivity index (χ2v) is 7.00. The third kappa shape index (κ3) is 4.73. The monoisotopic (exact) mass is 389 g/mol. The van der Waals surface area contributed by atoms with E-state index in [1.165, 1.54) is 0 Å². The predicted octanol–water partition coefficient (Wildman–Crippen LogP) is 4.23. The molecule has 1 aliphatic rings. The van der Waals surface area contributed by atoms with Crippen molar-refractivity contribution in [1.82, 2.24) is 10.3 Å². The topological polar surface area (TPSA) is 86.5 Å². The molecule has 1 aromatic heterocycles. The molecule has 1 aliphatic heterocycles. The first-order valence-corrected chi connectivity index (χ1v) is 9.70. The average Bonchev–Trinajstić information content (AvgIpc) is 2.75. The molecule has 1 fully saturated rings. The summed E-state index contributed by atoms with van der Waals surface area (Å²) < 4.78 is 11.7. The SMILES string of the molecule is NC(=O)c1cc(C2CCNCC2)cnc1Oc1cccc(Oc2ccccc2)c1. The minimum atomic E-state index is -0.556.